The lowest BCUT2D eigenvalue weighted by Gasteiger charge is -2.06. The molecule has 1 aromatic heterocycles. The van der Waals surface area contributed by atoms with Crippen LogP contribution in [0.4, 0.5) is 0 Å². The summed E-state index contributed by atoms with van der Waals surface area (Å²) in [6.45, 7) is 0.413. The molecule has 0 atom stereocenters. The maximum Gasteiger partial charge on any atom is 0.251 e. The van der Waals surface area contributed by atoms with Crippen LogP contribution < -0.4 is 5.32 Å². The van der Waals surface area contributed by atoms with Gasteiger partial charge in [0.15, 0.2) is 0 Å². The molecule has 0 fully saturated rings. The number of hydrogen-bond acceptors (Lipinski definition) is 3. The first-order valence-electron chi connectivity index (χ1n) is 5.72. The fourth-order valence-corrected chi connectivity index (χ4v) is 2.13. The molecule has 2 rings (SSSR count). The molecule has 0 aliphatic rings. The summed E-state index contributed by atoms with van der Waals surface area (Å²) < 4.78 is 0. The fourth-order valence-electron chi connectivity index (χ4n) is 1.55. The van der Waals surface area contributed by atoms with Gasteiger partial charge in [0.2, 0.25) is 0 Å². The van der Waals surface area contributed by atoms with Gasteiger partial charge in [0.1, 0.15) is 0 Å². The Morgan fingerprint density at radius 1 is 1.32 bits per heavy atom. The van der Waals surface area contributed by atoms with E-state index in [1.165, 1.54) is 0 Å². The molecule has 98 valence electrons. The van der Waals surface area contributed by atoms with Crippen molar-refractivity contribution in [3.05, 3.63) is 58.9 Å². The third-order valence-corrected chi connectivity index (χ3v) is 3.54. The third-order valence-electron chi connectivity index (χ3n) is 2.56. The minimum atomic E-state index is -0.131. The summed E-state index contributed by atoms with van der Waals surface area (Å²) in [6.07, 6.45) is 3.75. The lowest BCUT2D eigenvalue weighted by molar-refractivity contribution is 0.0950. The molecule has 0 aliphatic carbocycles. The van der Waals surface area contributed by atoms with Crippen LogP contribution in [0.1, 0.15) is 16.1 Å². The topological polar surface area (TPSA) is 42.0 Å². The Balaban J connectivity index is 1.98. The highest BCUT2D eigenvalue weighted by atomic mass is 35.5. The molecule has 0 saturated carbocycles. The van der Waals surface area contributed by atoms with Gasteiger partial charge in [0, 0.05) is 21.7 Å². The van der Waals surface area contributed by atoms with Crippen LogP contribution in [-0.2, 0) is 6.54 Å². The van der Waals surface area contributed by atoms with Gasteiger partial charge in [-0.3, -0.25) is 9.78 Å². The van der Waals surface area contributed by atoms with Gasteiger partial charge in [0.05, 0.1) is 12.2 Å². The summed E-state index contributed by atoms with van der Waals surface area (Å²) in [5, 5.41) is 3.45. The standard InChI is InChI=1S/C14H13ClN2OS/c1-19-13-6-7-16-12(8-13)9-17-14(18)10-2-4-11(15)5-3-10/h2-8H,9H2,1H3,(H,17,18). The average Bonchev–Trinajstić information content (AvgIpc) is 2.46. The highest BCUT2D eigenvalue weighted by Crippen LogP contribution is 2.14. The number of pyridine rings is 1. The Bertz CT molecular complexity index is 572. The van der Waals surface area contributed by atoms with Crippen LogP contribution >= 0.6 is 23.4 Å². The molecule has 2 aromatic rings. The van der Waals surface area contributed by atoms with Gasteiger partial charge in [-0.15, -0.1) is 11.8 Å². The van der Waals surface area contributed by atoms with E-state index in [1.807, 2.05) is 18.4 Å². The lowest BCUT2D eigenvalue weighted by atomic mass is 10.2. The van der Waals surface area contributed by atoms with Crippen LogP contribution in [-0.4, -0.2) is 17.1 Å². The van der Waals surface area contributed by atoms with Crippen LogP contribution in [0.3, 0.4) is 0 Å². The normalized spacial score (nSPS) is 10.2. The quantitative estimate of drug-likeness (QED) is 0.878. The van der Waals surface area contributed by atoms with Crippen molar-refractivity contribution in [2.75, 3.05) is 6.26 Å². The number of carbonyl (C=O) groups excluding carboxylic acids is 1. The fraction of sp³-hybridized carbons (Fsp3) is 0.143. The average molecular weight is 293 g/mol. The number of aromatic nitrogens is 1. The molecule has 1 aromatic carbocycles. The van der Waals surface area contributed by atoms with Crippen LogP contribution in [0.15, 0.2) is 47.5 Å². The van der Waals surface area contributed by atoms with Gasteiger partial charge < -0.3 is 5.32 Å². The number of hydrogen-bond donors (Lipinski definition) is 1. The first-order valence-corrected chi connectivity index (χ1v) is 7.32. The molecule has 1 heterocycles. The molecule has 0 aliphatic heterocycles. The van der Waals surface area contributed by atoms with Crippen molar-refractivity contribution in [3.8, 4) is 0 Å². The molecule has 3 nitrogen and oxygen atoms in total. The molecule has 5 heteroatoms. The molecule has 0 spiro atoms. The SMILES string of the molecule is CSc1ccnc(CNC(=O)c2ccc(Cl)cc2)c1. The Hall–Kier alpha value is -1.52. The molecule has 0 bridgehead atoms. The van der Waals surface area contributed by atoms with E-state index in [-0.39, 0.29) is 5.91 Å². The number of benzene rings is 1. The van der Waals surface area contributed by atoms with E-state index in [0.717, 1.165) is 10.6 Å². The molecule has 0 unspecified atom stereocenters. The highest BCUT2D eigenvalue weighted by molar-refractivity contribution is 7.98. The monoisotopic (exact) mass is 292 g/mol. The summed E-state index contributed by atoms with van der Waals surface area (Å²) in [7, 11) is 0. The van der Waals surface area contributed by atoms with Crippen molar-refractivity contribution in [1.29, 1.82) is 0 Å². The first-order chi connectivity index (χ1) is 9.19. The zero-order valence-electron chi connectivity index (χ0n) is 10.4. The summed E-state index contributed by atoms with van der Waals surface area (Å²) in [6, 6.07) is 10.7. The molecular formula is C14H13ClN2OS. The van der Waals surface area contributed by atoms with Crippen molar-refractivity contribution in [2.24, 2.45) is 0 Å². The molecule has 1 amide bonds. The van der Waals surface area contributed by atoms with E-state index < -0.39 is 0 Å². The zero-order valence-corrected chi connectivity index (χ0v) is 12.0. The maximum absolute atomic E-state index is 11.9. The van der Waals surface area contributed by atoms with E-state index in [2.05, 4.69) is 10.3 Å². The Kier molecular flexibility index (Phi) is 4.82. The predicted molar refractivity (Wildman–Crippen MR) is 78.6 cm³/mol. The number of carbonyl (C=O) groups is 1. The lowest BCUT2D eigenvalue weighted by Crippen LogP contribution is -2.23. The van der Waals surface area contributed by atoms with Crippen LogP contribution in [0.2, 0.25) is 5.02 Å². The van der Waals surface area contributed by atoms with Crippen molar-refractivity contribution >= 4 is 29.3 Å². The van der Waals surface area contributed by atoms with E-state index in [1.54, 1.807) is 42.2 Å². The minimum absolute atomic E-state index is 0.131. The van der Waals surface area contributed by atoms with E-state index in [4.69, 9.17) is 11.6 Å². The van der Waals surface area contributed by atoms with Crippen molar-refractivity contribution < 1.29 is 4.79 Å². The second kappa shape index (κ2) is 6.59. The van der Waals surface area contributed by atoms with Gasteiger partial charge in [-0.05, 0) is 42.7 Å². The van der Waals surface area contributed by atoms with Crippen molar-refractivity contribution in [2.45, 2.75) is 11.4 Å². The molecule has 19 heavy (non-hydrogen) atoms. The second-order valence-corrected chi connectivity index (χ2v) is 5.19. The van der Waals surface area contributed by atoms with Crippen LogP contribution in [0, 0.1) is 0 Å². The minimum Gasteiger partial charge on any atom is -0.346 e. The smallest absolute Gasteiger partial charge is 0.251 e. The summed E-state index contributed by atoms with van der Waals surface area (Å²) in [4.78, 5) is 17.2. The van der Waals surface area contributed by atoms with Crippen molar-refractivity contribution in [1.82, 2.24) is 10.3 Å². The van der Waals surface area contributed by atoms with E-state index in [9.17, 15) is 4.79 Å². The van der Waals surface area contributed by atoms with Gasteiger partial charge in [-0.2, -0.15) is 0 Å². The number of thioether (sulfide) groups is 1. The Labute approximate surface area is 121 Å². The van der Waals surface area contributed by atoms with E-state index in [0.29, 0.717) is 17.1 Å². The maximum atomic E-state index is 11.9. The first kappa shape index (κ1) is 13.9. The largest absolute Gasteiger partial charge is 0.346 e. The van der Waals surface area contributed by atoms with Crippen LogP contribution in [0.5, 0.6) is 0 Å². The Morgan fingerprint density at radius 2 is 2.05 bits per heavy atom. The van der Waals surface area contributed by atoms with Gasteiger partial charge in [0.25, 0.3) is 5.91 Å². The zero-order chi connectivity index (χ0) is 13.7. The molecule has 0 saturated heterocycles. The number of nitrogens with zero attached hydrogens (tertiary/aromatic N) is 1. The summed E-state index contributed by atoms with van der Waals surface area (Å²) in [5.74, 6) is -0.131. The van der Waals surface area contributed by atoms with Crippen molar-refractivity contribution in [3.63, 3.8) is 0 Å². The summed E-state index contributed by atoms with van der Waals surface area (Å²) in [5.41, 5.74) is 1.43. The molecular weight excluding hydrogens is 280 g/mol. The second-order valence-electron chi connectivity index (χ2n) is 3.88. The third kappa shape index (κ3) is 3.98. The number of halogens is 1. The van der Waals surface area contributed by atoms with E-state index >= 15 is 0 Å². The number of nitrogens with one attached hydrogen (secondary N) is 1. The van der Waals surface area contributed by atoms with Gasteiger partial charge in [-0.25, -0.2) is 0 Å². The van der Waals surface area contributed by atoms with Gasteiger partial charge in [-0.1, -0.05) is 11.6 Å². The molecule has 1 N–H and O–H groups in total. The number of rotatable bonds is 4. The predicted octanol–water partition coefficient (Wildman–Crippen LogP) is 3.39. The Morgan fingerprint density at radius 3 is 2.74 bits per heavy atom. The number of amides is 1. The summed E-state index contributed by atoms with van der Waals surface area (Å²) >= 11 is 7.43. The highest BCUT2D eigenvalue weighted by Gasteiger charge is 2.05. The van der Waals surface area contributed by atoms with Crippen LogP contribution in [0.25, 0.3) is 0 Å². The van der Waals surface area contributed by atoms with Gasteiger partial charge >= 0.3 is 0 Å². The molecule has 0 radical (unpaired) electrons.